The SMILES string of the molecule is COCCCOCN1CCC[C@@H](c2nc(-c3ccc(C(=O)Nc4ccccn4)cc3F)c3c(N)nccn23)C1. The highest BCUT2D eigenvalue weighted by molar-refractivity contribution is 6.04. The molecule has 11 heteroatoms. The maximum atomic E-state index is 15.5. The number of amides is 1. The lowest BCUT2D eigenvalue weighted by Gasteiger charge is -2.31. The first kappa shape index (κ1) is 26.7. The van der Waals surface area contributed by atoms with Crippen molar-refractivity contribution < 1.29 is 18.7 Å². The van der Waals surface area contributed by atoms with Crippen molar-refractivity contribution in [1.29, 1.82) is 0 Å². The number of nitrogens with one attached hydrogen (secondary N) is 1. The van der Waals surface area contributed by atoms with Crippen molar-refractivity contribution in [2.24, 2.45) is 0 Å². The zero-order valence-corrected chi connectivity index (χ0v) is 21.8. The van der Waals surface area contributed by atoms with Crippen molar-refractivity contribution in [2.75, 3.05) is 51.2 Å². The Bertz CT molecular complexity index is 1430. The first-order valence-corrected chi connectivity index (χ1v) is 13.0. The van der Waals surface area contributed by atoms with E-state index in [1.54, 1.807) is 49.8 Å². The van der Waals surface area contributed by atoms with Crippen LogP contribution in [0.2, 0.25) is 0 Å². The lowest BCUT2D eigenvalue weighted by Crippen LogP contribution is -2.36. The van der Waals surface area contributed by atoms with E-state index in [1.165, 1.54) is 6.07 Å². The van der Waals surface area contributed by atoms with Crippen LogP contribution in [0.1, 0.15) is 41.4 Å². The quantitative estimate of drug-likeness (QED) is 0.294. The summed E-state index contributed by atoms with van der Waals surface area (Å²) in [4.78, 5) is 28.2. The smallest absolute Gasteiger partial charge is 0.256 e. The minimum absolute atomic E-state index is 0.107. The highest BCUT2D eigenvalue weighted by Gasteiger charge is 2.28. The van der Waals surface area contributed by atoms with Crippen molar-refractivity contribution in [1.82, 2.24) is 24.3 Å². The third-order valence-corrected chi connectivity index (χ3v) is 6.78. The second-order valence-electron chi connectivity index (χ2n) is 9.51. The molecule has 0 bridgehead atoms. The number of halogens is 1. The summed E-state index contributed by atoms with van der Waals surface area (Å²) >= 11 is 0. The number of rotatable bonds is 10. The number of benzene rings is 1. The van der Waals surface area contributed by atoms with E-state index in [9.17, 15) is 4.79 Å². The van der Waals surface area contributed by atoms with Crippen LogP contribution in [0.25, 0.3) is 16.8 Å². The van der Waals surface area contributed by atoms with Gasteiger partial charge in [-0.1, -0.05) is 6.07 Å². The van der Waals surface area contributed by atoms with Gasteiger partial charge in [-0.05, 0) is 49.6 Å². The van der Waals surface area contributed by atoms with E-state index in [4.69, 9.17) is 20.2 Å². The van der Waals surface area contributed by atoms with Crippen LogP contribution in [0.15, 0.2) is 55.0 Å². The molecule has 204 valence electrons. The van der Waals surface area contributed by atoms with Crippen LogP contribution in [-0.2, 0) is 9.47 Å². The van der Waals surface area contributed by atoms with Crippen molar-refractivity contribution >= 4 is 23.1 Å². The monoisotopic (exact) mass is 533 g/mol. The van der Waals surface area contributed by atoms with Gasteiger partial charge in [-0.3, -0.25) is 14.1 Å². The van der Waals surface area contributed by atoms with E-state index in [1.807, 2.05) is 10.6 Å². The van der Waals surface area contributed by atoms with Gasteiger partial charge >= 0.3 is 0 Å². The molecule has 1 fully saturated rings. The number of methoxy groups -OCH3 is 1. The Labute approximate surface area is 226 Å². The number of nitrogens with zero attached hydrogens (tertiary/aromatic N) is 5. The molecule has 4 aromatic rings. The van der Waals surface area contributed by atoms with Gasteiger partial charge in [0.25, 0.3) is 5.91 Å². The molecule has 1 saturated heterocycles. The first-order chi connectivity index (χ1) is 19.0. The van der Waals surface area contributed by atoms with Gasteiger partial charge in [0.05, 0.1) is 13.3 Å². The molecule has 1 aliphatic rings. The molecule has 0 unspecified atom stereocenters. The average molecular weight is 534 g/mol. The second-order valence-corrected chi connectivity index (χ2v) is 9.51. The fourth-order valence-electron chi connectivity index (χ4n) is 4.92. The van der Waals surface area contributed by atoms with Crippen LogP contribution >= 0.6 is 0 Å². The van der Waals surface area contributed by atoms with Crippen LogP contribution in [0.4, 0.5) is 16.0 Å². The van der Waals surface area contributed by atoms with Gasteiger partial charge in [-0.15, -0.1) is 0 Å². The Balaban J connectivity index is 1.40. The minimum atomic E-state index is -0.576. The average Bonchev–Trinajstić information content (AvgIpc) is 3.34. The number of carbonyl (C=O) groups is 1. The number of fused-ring (bicyclic) bond motifs is 1. The lowest BCUT2D eigenvalue weighted by atomic mass is 9.97. The predicted molar refractivity (Wildman–Crippen MR) is 146 cm³/mol. The number of nitrogens with two attached hydrogens (primary N) is 1. The van der Waals surface area contributed by atoms with Crippen LogP contribution in [0.3, 0.4) is 0 Å². The molecule has 3 aromatic heterocycles. The summed E-state index contributed by atoms with van der Waals surface area (Å²) in [6, 6.07) is 9.50. The number of pyridine rings is 1. The fourth-order valence-corrected chi connectivity index (χ4v) is 4.92. The number of ether oxygens (including phenoxy) is 2. The van der Waals surface area contributed by atoms with E-state index in [2.05, 4.69) is 20.2 Å². The molecule has 1 aliphatic heterocycles. The number of imidazole rings is 1. The number of hydrogen-bond acceptors (Lipinski definition) is 8. The van der Waals surface area contributed by atoms with Gasteiger partial charge in [0.1, 0.15) is 34.5 Å². The Morgan fingerprint density at radius 1 is 1.21 bits per heavy atom. The number of anilines is 2. The largest absolute Gasteiger partial charge is 0.385 e. The highest BCUT2D eigenvalue weighted by Crippen LogP contribution is 2.35. The van der Waals surface area contributed by atoms with Gasteiger partial charge < -0.3 is 20.5 Å². The number of piperidine rings is 1. The van der Waals surface area contributed by atoms with E-state index < -0.39 is 11.7 Å². The number of likely N-dealkylation sites (tertiary alicyclic amines) is 1. The molecule has 10 nitrogen and oxygen atoms in total. The number of hydrogen-bond donors (Lipinski definition) is 2. The van der Waals surface area contributed by atoms with Gasteiger partial charge in [0.2, 0.25) is 0 Å². The van der Waals surface area contributed by atoms with E-state index in [-0.39, 0.29) is 22.9 Å². The van der Waals surface area contributed by atoms with Crippen molar-refractivity contribution in [3.8, 4) is 11.3 Å². The highest BCUT2D eigenvalue weighted by atomic mass is 19.1. The normalized spacial score (nSPS) is 16.0. The Morgan fingerprint density at radius 2 is 2.10 bits per heavy atom. The summed E-state index contributed by atoms with van der Waals surface area (Å²) in [7, 11) is 1.68. The Hall–Kier alpha value is -3.93. The van der Waals surface area contributed by atoms with Crippen LogP contribution < -0.4 is 11.1 Å². The van der Waals surface area contributed by atoms with E-state index >= 15 is 4.39 Å². The van der Waals surface area contributed by atoms with Crippen LogP contribution in [0, 0.1) is 5.82 Å². The molecule has 3 N–H and O–H groups in total. The number of nitrogen functional groups attached to an aromatic ring is 1. The third-order valence-electron chi connectivity index (χ3n) is 6.78. The molecule has 0 aliphatic carbocycles. The lowest BCUT2D eigenvalue weighted by molar-refractivity contribution is 0.00673. The topological polar surface area (TPSA) is 120 Å². The van der Waals surface area contributed by atoms with Crippen LogP contribution in [-0.4, -0.2) is 70.3 Å². The summed E-state index contributed by atoms with van der Waals surface area (Å²) in [5.74, 6) is 0.523. The Kier molecular flexibility index (Phi) is 8.40. The van der Waals surface area contributed by atoms with Gasteiger partial charge in [0.15, 0.2) is 0 Å². The number of aromatic nitrogens is 4. The maximum Gasteiger partial charge on any atom is 0.256 e. The fraction of sp³-hybridized carbons (Fsp3) is 0.357. The van der Waals surface area contributed by atoms with Crippen molar-refractivity contribution in [3.05, 3.63) is 72.2 Å². The molecule has 1 amide bonds. The third kappa shape index (κ3) is 6.06. The predicted octanol–water partition coefficient (Wildman–Crippen LogP) is 3.95. The molecule has 5 rings (SSSR count). The summed E-state index contributed by atoms with van der Waals surface area (Å²) in [6.45, 7) is 3.56. The minimum Gasteiger partial charge on any atom is -0.385 e. The van der Waals surface area contributed by atoms with Crippen molar-refractivity contribution in [2.45, 2.75) is 25.2 Å². The summed E-state index contributed by atoms with van der Waals surface area (Å²) < 4.78 is 28.3. The second kappa shape index (κ2) is 12.3. The zero-order chi connectivity index (χ0) is 27.2. The molecule has 0 spiro atoms. The van der Waals surface area contributed by atoms with Gasteiger partial charge in [-0.25, -0.2) is 19.3 Å². The zero-order valence-electron chi connectivity index (χ0n) is 21.8. The molecule has 1 aromatic carbocycles. The molecule has 1 atom stereocenters. The molecule has 0 saturated carbocycles. The Morgan fingerprint density at radius 3 is 2.90 bits per heavy atom. The van der Waals surface area contributed by atoms with E-state index in [0.29, 0.717) is 37.0 Å². The number of carbonyl (C=O) groups excluding carboxylic acids is 1. The molecule has 4 heterocycles. The molecular weight excluding hydrogens is 501 g/mol. The van der Waals surface area contributed by atoms with E-state index in [0.717, 1.165) is 38.2 Å². The van der Waals surface area contributed by atoms with Crippen LogP contribution in [0.5, 0.6) is 0 Å². The van der Waals surface area contributed by atoms with Crippen molar-refractivity contribution in [3.63, 3.8) is 0 Å². The molecule has 39 heavy (non-hydrogen) atoms. The van der Waals surface area contributed by atoms with Gasteiger partial charge in [-0.2, -0.15) is 0 Å². The summed E-state index contributed by atoms with van der Waals surface area (Å²) in [6.07, 6.45) is 7.79. The molecular formula is C28H32FN7O3. The summed E-state index contributed by atoms with van der Waals surface area (Å²) in [5.41, 5.74) is 7.65. The van der Waals surface area contributed by atoms with Gasteiger partial charge in [0, 0.05) is 62.4 Å². The molecule has 0 radical (unpaired) electrons. The summed E-state index contributed by atoms with van der Waals surface area (Å²) in [5, 5.41) is 2.67. The first-order valence-electron chi connectivity index (χ1n) is 13.0. The standard InChI is InChI=1S/C28H32FN7O3/c1-38-14-5-15-39-18-35-12-4-6-20(17-35)27-34-24(25-26(30)32-11-13-36(25)27)21-9-8-19(16-22(21)29)28(37)33-23-7-2-3-10-31-23/h2-3,7-11,13,16,20H,4-6,12,14-15,17-18H2,1H3,(H2,30,32)(H,31,33,37)/t20-/m1/s1. The maximum absolute atomic E-state index is 15.5.